The molecule has 1 fully saturated rings. The molecule has 0 unspecified atom stereocenters. The van der Waals surface area contributed by atoms with Gasteiger partial charge in [0.05, 0.1) is 34.7 Å². The summed E-state index contributed by atoms with van der Waals surface area (Å²) in [4.78, 5) is 21.2. The summed E-state index contributed by atoms with van der Waals surface area (Å²) >= 11 is 6.61. The van der Waals surface area contributed by atoms with Crippen molar-refractivity contribution in [2.45, 2.75) is 32.4 Å². The molecule has 34 heavy (non-hydrogen) atoms. The van der Waals surface area contributed by atoms with Crippen molar-refractivity contribution in [3.63, 3.8) is 0 Å². The third kappa shape index (κ3) is 3.96. The van der Waals surface area contributed by atoms with Gasteiger partial charge in [0, 0.05) is 42.2 Å². The monoisotopic (exact) mass is 484 g/mol. The molecule has 3 aromatic rings. The van der Waals surface area contributed by atoms with Crippen molar-refractivity contribution < 1.29 is 19.0 Å². The number of aromatic hydroxyl groups is 1. The quantitative estimate of drug-likeness (QED) is 0.491. The molecule has 2 aliphatic rings. The third-order valence-corrected chi connectivity index (χ3v) is 6.45. The maximum atomic E-state index is 14.5. The van der Waals surface area contributed by atoms with Gasteiger partial charge < -0.3 is 25.0 Å². The molecule has 0 saturated carbocycles. The van der Waals surface area contributed by atoms with Crippen LogP contribution in [0, 0.1) is 5.82 Å². The Bertz CT molecular complexity index is 1270. The second kappa shape index (κ2) is 8.20. The molecular formula is C25H26ClFN4O3. The number of aromatic nitrogens is 1. The first kappa shape index (κ1) is 22.5. The normalized spacial score (nSPS) is 17.7. The number of carbonyl (C=O) groups excluding carboxylic acids is 1. The standard InChI is InChI=1S/C25H26ClFN4O3/c1-25(2,3)34-24(33)30-7-8-31-14(13-30)11-28-20-12-29-19-10-15(17(26)9-16(19)23(20)31)22-18(27)5-4-6-21(22)32/h4-6,9-10,12,14,28,32H,7-8,11,13H2,1-3H3/t14-/m0/s1. The van der Waals surface area contributed by atoms with E-state index in [1.54, 1.807) is 23.2 Å². The summed E-state index contributed by atoms with van der Waals surface area (Å²) in [5.41, 5.74) is 2.36. The Morgan fingerprint density at radius 3 is 2.82 bits per heavy atom. The Balaban J connectivity index is 1.51. The lowest BCUT2D eigenvalue weighted by Gasteiger charge is -2.46. The summed E-state index contributed by atoms with van der Waals surface area (Å²) in [5, 5.41) is 14.8. The summed E-state index contributed by atoms with van der Waals surface area (Å²) in [6.07, 6.45) is 1.45. The van der Waals surface area contributed by atoms with E-state index in [4.69, 9.17) is 16.3 Å². The van der Waals surface area contributed by atoms with Crippen LogP contribution in [0.2, 0.25) is 5.02 Å². The molecule has 0 spiro atoms. The molecule has 9 heteroatoms. The maximum absolute atomic E-state index is 14.5. The summed E-state index contributed by atoms with van der Waals surface area (Å²) in [6.45, 7) is 7.93. The Morgan fingerprint density at radius 2 is 2.09 bits per heavy atom. The van der Waals surface area contributed by atoms with Crippen molar-refractivity contribution in [1.29, 1.82) is 0 Å². The number of anilines is 2. The highest BCUT2D eigenvalue weighted by molar-refractivity contribution is 6.34. The predicted octanol–water partition coefficient (Wildman–Crippen LogP) is 5.25. The summed E-state index contributed by atoms with van der Waals surface area (Å²) in [7, 11) is 0. The van der Waals surface area contributed by atoms with Crippen LogP contribution in [0.1, 0.15) is 20.8 Å². The summed E-state index contributed by atoms with van der Waals surface area (Å²) < 4.78 is 20.1. The summed E-state index contributed by atoms with van der Waals surface area (Å²) in [6, 6.07) is 7.69. The van der Waals surface area contributed by atoms with E-state index < -0.39 is 11.4 Å². The number of phenols is 1. The van der Waals surface area contributed by atoms with Gasteiger partial charge in [-0.05, 0) is 45.0 Å². The van der Waals surface area contributed by atoms with Crippen LogP contribution in [0.15, 0.2) is 36.5 Å². The number of halogens is 2. The van der Waals surface area contributed by atoms with Gasteiger partial charge in [0.15, 0.2) is 0 Å². The highest BCUT2D eigenvalue weighted by atomic mass is 35.5. The molecule has 2 aliphatic heterocycles. The molecule has 3 heterocycles. The highest BCUT2D eigenvalue weighted by Gasteiger charge is 2.36. The maximum Gasteiger partial charge on any atom is 0.410 e. The topological polar surface area (TPSA) is 77.9 Å². The van der Waals surface area contributed by atoms with Crippen LogP contribution in [0.5, 0.6) is 5.75 Å². The van der Waals surface area contributed by atoms with Crippen LogP contribution in [0.25, 0.3) is 22.0 Å². The fourth-order valence-corrected chi connectivity index (χ4v) is 4.91. The zero-order valence-corrected chi connectivity index (χ0v) is 20.0. The van der Waals surface area contributed by atoms with Gasteiger partial charge in [0.2, 0.25) is 0 Å². The number of benzene rings is 2. The average Bonchev–Trinajstić information content (AvgIpc) is 2.77. The number of piperazine rings is 1. The van der Waals surface area contributed by atoms with Crippen molar-refractivity contribution in [2.24, 2.45) is 0 Å². The van der Waals surface area contributed by atoms with Crippen LogP contribution in [0.3, 0.4) is 0 Å². The lowest BCUT2D eigenvalue weighted by Crippen LogP contribution is -2.59. The molecule has 7 nitrogen and oxygen atoms in total. The SMILES string of the molecule is CC(C)(C)OC(=O)N1CCN2c3c(cnc4cc(-c5c(O)cccc5F)c(Cl)cc34)NC[C@H]2C1. The van der Waals surface area contributed by atoms with Crippen molar-refractivity contribution >= 4 is 40.0 Å². The van der Waals surface area contributed by atoms with Gasteiger partial charge in [0.1, 0.15) is 17.2 Å². The van der Waals surface area contributed by atoms with E-state index in [2.05, 4.69) is 15.2 Å². The van der Waals surface area contributed by atoms with Crippen LogP contribution < -0.4 is 10.2 Å². The van der Waals surface area contributed by atoms with Crippen LogP contribution in [0.4, 0.5) is 20.6 Å². The largest absolute Gasteiger partial charge is 0.507 e. The second-order valence-corrected chi connectivity index (χ2v) is 10.1. The molecule has 1 atom stereocenters. The average molecular weight is 485 g/mol. The fraction of sp³-hybridized carbons (Fsp3) is 0.360. The first-order valence-electron chi connectivity index (χ1n) is 11.2. The Kier molecular flexibility index (Phi) is 5.43. The van der Waals surface area contributed by atoms with Gasteiger partial charge in [-0.15, -0.1) is 0 Å². The van der Waals surface area contributed by atoms with Crippen molar-refractivity contribution in [2.75, 3.05) is 36.4 Å². The van der Waals surface area contributed by atoms with Crippen LogP contribution >= 0.6 is 11.6 Å². The second-order valence-electron chi connectivity index (χ2n) is 9.66. The Labute approximate surface area is 202 Å². The number of ether oxygens (including phenoxy) is 1. The Morgan fingerprint density at radius 1 is 1.29 bits per heavy atom. The van der Waals surface area contributed by atoms with E-state index in [-0.39, 0.29) is 23.4 Å². The summed E-state index contributed by atoms with van der Waals surface area (Å²) in [5.74, 6) is -0.738. The van der Waals surface area contributed by atoms with Gasteiger partial charge in [-0.2, -0.15) is 0 Å². The first-order valence-corrected chi connectivity index (χ1v) is 11.6. The minimum atomic E-state index is -0.556. The number of hydrogen-bond acceptors (Lipinski definition) is 6. The molecule has 178 valence electrons. The molecule has 5 rings (SSSR count). The fourth-order valence-electron chi connectivity index (χ4n) is 4.65. The first-order chi connectivity index (χ1) is 16.1. The molecule has 0 radical (unpaired) electrons. The molecule has 2 N–H and O–H groups in total. The number of phenolic OH excluding ortho intramolecular Hbond substituents is 1. The van der Waals surface area contributed by atoms with Gasteiger partial charge >= 0.3 is 6.09 Å². The van der Waals surface area contributed by atoms with Gasteiger partial charge in [-0.1, -0.05) is 17.7 Å². The number of nitrogens with one attached hydrogen (secondary N) is 1. The zero-order chi connectivity index (χ0) is 24.2. The number of pyridine rings is 1. The minimum absolute atomic E-state index is 0.0495. The molecule has 2 aromatic carbocycles. The highest BCUT2D eigenvalue weighted by Crippen LogP contribution is 2.43. The number of fused-ring (bicyclic) bond motifs is 5. The molecule has 0 aliphatic carbocycles. The molecule has 1 saturated heterocycles. The van der Waals surface area contributed by atoms with Gasteiger partial charge in [0.25, 0.3) is 0 Å². The number of rotatable bonds is 1. The number of hydrogen-bond donors (Lipinski definition) is 2. The van der Waals surface area contributed by atoms with Gasteiger partial charge in [-0.25, -0.2) is 9.18 Å². The van der Waals surface area contributed by atoms with Crippen LogP contribution in [-0.4, -0.2) is 58.9 Å². The zero-order valence-electron chi connectivity index (χ0n) is 19.2. The Hall–Kier alpha value is -3.26. The van der Waals surface area contributed by atoms with Crippen molar-refractivity contribution in [3.05, 3.63) is 47.4 Å². The number of amides is 1. The lowest BCUT2D eigenvalue weighted by atomic mass is 9.99. The smallest absolute Gasteiger partial charge is 0.410 e. The third-order valence-electron chi connectivity index (χ3n) is 6.14. The van der Waals surface area contributed by atoms with Crippen LogP contribution in [-0.2, 0) is 4.74 Å². The number of carbonyl (C=O) groups is 1. The molecule has 1 aromatic heterocycles. The van der Waals surface area contributed by atoms with Gasteiger partial charge in [-0.3, -0.25) is 4.98 Å². The van der Waals surface area contributed by atoms with E-state index in [1.807, 2.05) is 20.8 Å². The predicted molar refractivity (Wildman–Crippen MR) is 131 cm³/mol. The minimum Gasteiger partial charge on any atom is -0.507 e. The van der Waals surface area contributed by atoms with E-state index in [0.717, 1.165) is 16.8 Å². The van der Waals surface area contributed by atoms with Crippen molar-refractivity contribution in [1.82, 2.24) is 9.88 Å². The molecule has 1 amide bonds. The van der Waals surface area contributed by atoms with E-state index in [1.165, 1.54) is 18.2 Å². The van der Waals surface area contributed by atoms with Crippen molar-refractivity contribution in [3.8, 4) is 16.9 Å². The van der Waals surface area contributed by atoms with E-state index in [0.29, 0.717) is 42.3 Å². The lowest BCUT2D eigenvalue weighted by molar-refractivity contribution is 0.0217. The molecular weight excluding hydrogens is 459 g/mol. The van der Waals surface area contributed by atoms with E-state index in [9.17, 15) is 14.3 Å². The van der Waals surface area contributed by atoms with E-state index >= 15 is 0 Å². The molecule has 0 bridgehead atoms. The number of nitrogens with zero attached hydrogens (tertiary/aromatic N) is 3.